The molecule has 0 aliphatic carbocycles. The van der Waals surface area contributed by atoms with Gasteiger partial charge in [0.05, 0.1) is 10.6 Å². The molecule has 0 radical (unpaired) electrons. The zero-order valence-corrected chi connectivity index (χ0v) is 13.0. The van der Waals surface area contributed by atoms with Gasteiger partial charge in [-0.1, -0.05) is 43.1 Å². The molecular weight excluding hydrogens is 297 g/mol. The maximum absolute atomic E-state index is 6.11. The predicted molar refractivity (Wildman–Crippen MR) is 81.8 cm³/mol. The van der Waals surface area contributed by atoms with Crippen LogP contribution in [-0.4, -0.2) is 9.97 Å². The molecule has 1 aromatic carbocycles. The number of nitrogen functional groups attached to an aromatic ring is 1. The molecule has 20 heavy (non-hydrogen) atoms. The highest BCUT2D eigenvalue weighted by Crippen LogP contribution is 2.35. The highest BCUT2D eigenvalue weighted by molar-refractivity contribution is 6.42. The minimum Gasteiger partial charge on any atom is -0.437 e. The summed E-state index contributed by atoms with van der Waals surface area (Å²) < 4.78 is 5.74. The first-order valence-electron chi connectivity index (χ1n) is 6.16. The third kappa shape index (κ3) is 2.97. The van der Waals surface area contributed by atoms with Crippen molar-refractivity contribution < 1.29 is 4.74 Å². The van der Waals surface area contributed by atoms with Crippen LogP contribution in [0.4, 0.5) is 5.82 Å². The summed E-state index contributed by atoms with van der Waals surface area (Å²) >= 11 is 12.1. The van der Waals surface area contributed by atoms with E-state index in [-0.39, 0.29) is 5.92 Å². The Hall–Kier alpha value is -1.52. The molecule has 0 saturated carbocycles. The predicted octanol–water partition coefficient (Wildman–Crippen LogP) is 4.59. The largest absolute Gasteiger partial charge is 0.437 e. The lowest BCUT2D eigenvalue weighted by Crippen LogP contribution is -2.06. The van der Waals surface area contributed by atoms with Crippen molar-refractivity contribution in [3.63, 3.8) is 0 Å². The number of anilines is 1. The summed E-state index contributed by atoms with van der Waals surface area (Å²) in [6.45, 7) is 5.77. The first kappa shape index (κ1) is 14.9. The van der Waals surface area contributed by atoms with Gasteiger partial charge in [-0.15, -0.1) is 0 Å². The van der Waals surface area contributed by atoms with E-state index < -0.39 is 0 Å². The van der Waals surface area contributed by atoms with E-state index in [9.17, 15) is 0 Å². The Morgan fingerprint density at radius 2 is 1.90 bits per heavy atom. The van der Waals surface area contributed by atoms with E-state index in [1.165, 1.54) is 0 Å². The summed E-state index contributed by atoms with van der Waals surface area (Å²) in [5.74, 6) is 2.01. The quantitative estimate of drug-likeness (QED) is 0.900. The molecule has 1 aromatic heterocycles. The van der Waals surface area contributed by atoms with E-state index in [0.717, 1.165) is 0 Å². The Bertz CT molecular complexity index is 645. The fourth-order valence-electron chi connectivity index (χ4n) is 1.55. The number of nitrogens with two attached hydrogens (primary N) is 1. The fraction of sp³-hybridized carbons (Fsp3) is 0.286. The molecule has 0 bridgehead atoms. The van der Waals surface area contributed by atoms with Gasteiger partial charge in [-0.25, -0.2) is 4.98 Å². The second-order valence-corrected chi connectivity index (χ2v) is 5.49. The molecule has 0 aliphatic rings. The van der Waals surface area contributed by atoms with Crippen molar-refractivity contribution in [3.8, 4) is 11.6 Å². The summed E-state index contributed by atoms with van der Waals surface area (Å²) in [5.41, 5.74) is 6.56. The van der Waals surface area contributed by atoms with Crippen LogP contribution < -0.4 is 10.5 Å². The molecule has 0 saturated heterocycles. The van der Waals surface area contributed by atoms with Gasteiger partial charge in [-0.3, -0.25) is 0 Å². The van der Waals surface area contributed by atoms with Gasteiger partial charge < -0.3 is 10.5 Å². The SMILES string of the molecule is Cc1c(N)nc(C(C)C)nc1Oc1cccc(Cl)c1Cl. The van der Waals surface area contributed by atoms with Crippen LogP contribution in [0.1, 0.15) is 31.2 Å². The van der Waals surface area contributed by atoms with E-state index in [0.29, 0.717) is 38.9 Å². The molecule has 4 nitrogen and oxygen atoms in total. The average molecular weight is 312 g/mol. The van der Waals surface area contributed by atoms with Crippen LogP contribution >= 0.6 is 23.2 Å². The average Bonchev–Trinajstić information content (AvgIpc) is 2.39. The maximum atomic E-state index is 6.11. The minimum absolute atomic E-state index is 0.148. The number of halogens is 2. The van der Waals surface area contributed by atoms with Crippen LogP contribution in [-0.2, 0) is 0 Å². The third-order valence-electron chi connectivity index (χ3n) is 2.80. The monoisotopic (exact) mass is 311 g/mol. The number of ether oxygens (including phenoxy) is 1. The van der Waals surface area contributed by atoms with Crippen molar-refractivity contribution in [2.75, 3.05) is 5.73 Å². The van der Waals surface area contributed by atoms with Crippen molar-refractivity contribution in [2.45, 2.75) is 26.7 Å². The van der Waals surface area contributed by atoms with Gasteiger partial charge in [0, 0.05) is 5.92 Å². The number of rotatable bonds is 3. The van der Waals surface area contributed by atoms with Crippen LogP contribution in [0.25, 0.3) is 0 Å². The van der Waals surface area contributed by atoms with Gasteiger partial charge in [0.2, 0.25) is 5.88 Å². The molecule has 0 amide bonds. The highest BCUT2D eigenvalue weighted by Gasteiger charge is 2.15. The van der Waals surface area contributed by atoms with Crippen molar-refractivity contribution >= 4 is 29.0 Å². The number of hydrogen-bond acceptors (Lipinski definition) is 4. The molecular formula is C14H15Cl2N3O. The molecule has 6 heteroatoms. The molecule has 0 aliphatic heterocycles. The second kappa shape index (κ2) is 5.85. The Morgan fingerprint density at radius 3 is 2.55 bits per heavy atom. The van der Waals surface area contributed by atoms with E-state index in [4.69, 9.17) is 33.7 Å². The van der Waals surface area contributed by atoms with E-state index in [2.05, 4.69) is 9.97 Å². The van der Waals surface area contributed by atoms with Crippen LogP contribution in [0.2, 0.25) is 10.0 Å². The van der Waals surface area contributed by atoms with E-state index >= 15 is 0 Å². The normalized spacial score (nSPS) is 10.9. The summed E-state index contributed by atoms with van der Waals surface area (Å²) in [5, 5.41) is 0.768. The molecule has 106 valence electrons. The van der Waals surface area contributed by atoms with Crippen molar-refractivity contribution in [2.24, 2.45) is 0 Å². The molecule has 2 N–H and O–H groups in total. The summed E-state index contributed by atoms with van der Waals surface area (Å²) in [6, 6.07) is 5.17. The lowest BCUT2D eigenvalue weighted by atomic mass is 10.2. The molecule has 0 atom stereocenters. The zero-order chi connectivity index (χ0) is 14.9. The first-order chi connectivity index (χ1) is 9.40. The van der Waals surface area contributed by atoms with Gasteiger partial charge in [0.15, 0.2) is 0 Å². The molecule has 1 heterocycles. The number of hydrogen-bond donors (Lipinski definition) is 1. The smallest absolute Gasteiger partial charge is 0.227 e. The minimum atomic E-state index is 0.148. The second-order valence-electron chi connectivity index (χ2n) is 4.71. The number of aromatic nitrogens is 2. The lowest BCUT2D eigenvalue weighted by molar-refractivity contribution is 0.453. The molecule has 0 fully saturated rings. The van der Waals surface area contributed by atoms with Gasteiger partial charge in [0.1, 0.15) is 22.4 Å². The van der Waals surface area contributed by atoms with Crippen LogP contribution in [0.5, 0.6) is 11.6 Å². The molecule has 2 rings (SSSR count). The summed E-state index contributed by atoms with van der Waals surface area (Å²) in [4.78, 5) is 8.63. The topological polar surface area (TPSA) is 61.0 Å². The van der Waals surface area contributed by atoms with Crippen molar-refractivity contribution in [3.05, 3.63) is 39.6 Å². The number of nitrogens with zero attached hydrogens (tertiary/aromatic N) is 2. The van der Waals surface area contributed by atoms with Crippen LogP contribution in [0.3, 0.4) is 0 Å². The van der Waals surface area contributed by atoms with E-state index in [1.54, 1.807) is 25.1 Å². The Balaban J connectivity index is 2.45. The Morgan fingerprint density at radius 1 is 1.20 bits per heavy atom. The Kier molecular flexibility index (Phi) is 4.35. The first-order valence-corrected chi connectivity index (χ1v) is 6.91. The number of benzene rings is 1. The highest BCUT2D eigenvalue weighted by atomic mass is 35.5. The molecule has 2 aromatic rings. The Labute approximate surface area is 127 Å². The lowest BCUT2D eigenvalue weighted by Gasteiger charge is -2.13. The third-order valence-corrected chi connectivity index (χ3v) is 3.60. The van der Waals surface area contributed by atoms with Crippen molar-refractivity contribution in [1.82, 2.24) is 9.97 Å². The zero-order valence-electron chi connectivity index (χ0n) is 11.4. The van der Waals surface area contributed by atoms with Gasteiger partial charge in [0.25, 0.3) is 0 Å². The van der Waals surface area contributed by atoms with Gasteiger partial charge in [-0.2, -0.15) is 4.98 Å². The van der Waals surface area contributed by atoms with Gasteiger partial charge >= 0.3 is 0 Å². The molecule has 0 spiro atoms. The summed E-state index contributed by atoms with van der Waals surface area (Å²) in [7, 11) is 0. The maximum Gasteiger partial charge on any atom is 0.227 e. The van der Waals surface area contributed by atoms with E-state index in [1.807, 2.05) is 13.8 Å². The standard InChI is InChI=1S/C14H15Cl2N3O/c1-7(2)13-18-12(17)8(3)14(19-13)20-10-6-4-5-9(15)11(10)16/h4-7H,1-3H3,(H2,17,18,19). The van der Waals surface area contributed by atoms with Crippen LogP contribution in [0, 0.1) is 6.92 Å². The van der Waals surface area contributed by atoms with Crippen LogP contribution in [0.15, 0.2) is 18.2 Å². The fourth-order valence-corrected chi connectivity index (χ4v) is 1.88. The van der Waals surface area contributed by atoms with Crippen molar-refractivity contribution in [1.29, 1.82) is 0 Å². The summed E-state index contributed by atoms with van der Waals surface area (Å²) in [6.07, 6.45) is 0. The van der Waals surface area contributed by atoms with Gasteiger partial charge in [-0.05, 0) is 19.1 Å². The molecule has 0 unspecified atom stereocenters.